The van der Waals surface area contributed by atoms with Crippen molar-refractivity contribution in [1.29, 1.82) is 0 Å². The van der Waals surface area contributed by atoms with E-state index in [0.717, 1.165) is 47.5 Å². The molecule has 0 saturated heterocycles. The van der Waals surface area contributed by atoms with Crippen LogP contribution in [0.4, 0.5) is 5.82 Å². The third kappa shape index (κ3) is 5.69. The minimum absolute atomic E-state index is 0.0330. The first-order chi connectivity index (χ1) is 18.3. The molecule has 1 saturated carbocycles. The Labute approximate surface area is 222 Å². The van der Waals surface area contributed by atoms with Gasteiger partial charge >= 0.3 is 0 Å². The predicted molar refractivity (Wildman–Crippen MR) is 150 cm³/mol. The molecule has 0 aliphatic heterocycles. The summed E-state index contributed by atoms with van der Waals surface area (Å²) < 4.78 is 2.03. The van der Waals surface area contributed by atoms with E-state index in [4.69, 9.17) is 4.98 Å². The summed E-state index contributed by atoms with van der Waals surface area (Å²) in [5.41, 5.74) is 5.50. The van der Waals surface area contributed by atoms with Crippen LogP contribution in [0.3, 0.4) is 0 Å². The van der Waals surface area contributed by atoms with Crippen LogP contribution in [-0.4, -0.2) is 44.8 Å². The fourth-order valence-electron chi connectivity index (χ4n) is 4.19. The molecule has 4 aromatic rings. The van der Waals surface area contributed by atoms with E-state index in [1.54, 1.807) is 0 Å². The Balaban J connectivity index is 1.50. The van der Waals surface area contributed by atoms with Gasteiger partial charge in [0.05, 0.1) is 17.6 Å². The molecule has 2 heterocycles. The standard InChI is InChI=1S/C30H34N6O2/c1-18(2)15-31-27-28-32-16-26(21-7-11-23(12-8-21)30(38)34-24-13-14-24)36(28)17-25(35-27)20-5-9-22(10-6-20)29(37)33-19(3)4/h5-12,16-19,24H,13-15H2,1-4H3,(H,31,35)(H,33,37)(H,34,38). The van der Waals surface area contributed by atoms with Gasteiger partial charge < -0.3 is 16.0 Å². The number of benzene rings is 2. The number of hydrogen-bond acceptors (Lipinski definition) is 5. The molecular formula is C30H34N6O2. The first kappa shape index (κ1) is 25.4. The van der Waals surface area contributed by atoms with E-state index in [2.05, 4.69) is 34.8 Å². The summed E-state index contributed by atoms with van der Waals surface area (Å²) in [6, 6.07) is 15.5. The normalized spacial score (nSPS) is 13.2. The molecule has 5 rings (SSSR count). The maximum Gasteiger partial charge on any atom is 0.251 e. The number of hydrogen-bond donors (Lipinski definition) is 3. The number of anilines is 1. The molecule has 1 aliphatic rings. The lowest BCUT2D eigenvalue weighted by Gasteiger charge is -2.13. The van der Waals surface area contributed by atoms with Crippen molar-refractivity contribution < 1.29 is 9.59 Å². The maximum absolute atomic E-state index is 12.4. The number of fused-ring (bicyclic) bond motifs is 1. The molecule has 0 radical (unpaired) electrons. The quantitative estimate of drug-likeness (QED) is 0.289. The number of carbonyl (C=O) groups excluding carboxylic acids is 2. The summed E-state index contributed by atoms with van der Waals surface area (Å²) in [4.78, 5) is 34.4. The van der Waals surface area contributed by atoms with Gasteiger partial charge in [0, 0.05) is 47.1 Å². The Hall–Kier alpha value is -4.20. The van der Waals surface area contributed by atoms with Gasteiger partial charge in [0.2, 0.25) is 0 Å². The summed E-state index contributed by atoms with van der Waals surface area (Å²) >= 11 is 0. The minimum Gasteiger partial charge on any atom is -0.367 e. The fraction of sp³-hybridized carbons (Fsp3) is 0.333. The maximum atomic E-state index is 12.4. The van der Waals surface area contributed by atoms with E-state index in [1.165, 1.54) is 0 Å². The van der Waals surface area contributed by atoms with E-state index in [9.17, 15) is 9.59 Å². The zero-order chi connectivity index (χ0) is 26.8. The highest BCUT2D eigenvalue weighted by Crippen LogP contribution is 2.28. The smallest absolute Gasteiger partial charge is 0.251 e. The van der Waals surface area contributed by atoms with E-state index >= 15 is 0 Å². The Morgan fingerprint density at radius 1 is 0.921 bits per heavy atom. The highest BCUT2D eigenvalue weighted by molar-refractivity contribution is 5.95. The summed E-state index contributed by atoms with van der Waals surface area (Å²) in [5.74, 6) is 1.00. The van der Waals surface area contributed by atoms with Gasteiger partial charge in [-0.1, -0.05) is 38.1 Å². The van der Waals surface area contributed by atoms with Crippen LogP contribution in [0.1, 0.15) is 61.3 Å². The average molecular weight is 511 g/mol. The van der Waals surface area contributed by atoms with E-state index < -0.39 is 0 Å². The summed E-state index contributed by atoms with van der Waals surface area (Å²) in [5, 5.41) is 9.40. The van der Waals surface area contributed by atoms with Crippen molar-refractivity contribution in [2.24, 2.45) is 5.92 Å². The Morgan fingerprint density at radius 3 is 2.16 bits per heavy atom. The van der Waals surface area contributed by atoms with Gasteiger partial charge in [-0.15, -0.1) is 0 Å². The molecule has 8 heteroatoms. The highest BCUT2D eigenvalue weighted by atomic mass is 16.2. The van der Waals surface area contributed by atoms with Gasteiger partial charge in [0.15, 0.2) is 11.5 Å². The van der Waals surface area contributed by atoms with Crippen molar-refractivity contribution >= 4 is 23.3 Å². The van der Waals surface area contributed by atoms with Gasteiger partial charge in [-0.25, -0.2) is 9.97 Å². The first-order valence-corrected chi connectivity index (χ1v) is 13.2. The zero-order valence-corrected chi connectivity index (χ0v) is 22.3. The number of amides is 2. The SMILES string of the molecule is CC(C)CNc1nc(-c2ccc(C(=O)NC(C)C)cc2)cn2c(-c3ccc(C(=O)NC4CC4)cc3)cnc12. The molecule has 0 bridgehead atoms. The Bertz CT molecular complexity index is 1450. The molecule has 196 valence electrons. The van der Waals surface area contributed by atoms with Crippen LogP contribution in [0.2, 0.25) is 0 Å². The van der Waals surface area contributed by atoms with Gasteiger partial charge in [0.1, 0.15) is 0 Å². The molecule has 1 aliphatic carbocycles. The second-order valence-electron chi connectivity index (χ2n) is 10.6. The fourth-order valence-corrected chi connectivity index (χ4v) is 4.19. The van der Waals surface area contributed by atoms with Gasteiger partial charge in [-0.2, -0.15) is 0 Å². The number of nitrogens with one attached hydrogen (secondary N) is 3. The molecular weight excluding hydrogens is 476 g/mol. The Morgan fingerprint density at radius 2 is 1.55 bits per heavy atom. The number of carbonyl (C=O) groups is 2. The second-order valence-corrected chi connectivity index (χ2v) is 10.6. The van der Waals surface area contributed by atoms with E-state index in [1.807, 2.05) is 79.2 Å². The second kappa shape index (κ2) is 10.7. The lowest BCUT2D eigenvalue weighted by Crippen LogP contribution is -2.29. The first-order valence-electron chi connectivity index (χ1n) is 13.2. The molecule has 8 nitrogen and oxygen atoms in total. The van der Waals surface area contributed by atoms with Crippen molar-refractivity contribution in [3.63, 3.8) is 0 Å². The molecule has 2 aromatic carbocycles. The molecule has 0 spiro atoms. The minimum atomic E-state index is -0.0968. The predicted octanol–water partition coefficient (Wildman–Crippen LogP) is 5.16. The largest absolute Gasteiger partial charge is 0.367 e. The number of imidazole rings is 1. The van der Waals surface area contributed by atoms with Crippen LogP contribution in [0.25, 0.3) is 28.2 Å². The van der Waals surface area contributed by atoms with Crippen LogP contribution in [-0.2, 0) is 0 Å². The number of rotatable bonds is 9. The summed E-state index contributed by atoms with van der Waals surface area (Å²) in [6.45, 7) is 8.93. The number of aromatic nitrogens is 3. The molecule has 2 aromatic heterocycles. The topological polar surface area (TPSA) is 100 Å². The van der Waals surface area contributed by atoms with Crippen molar-refractivity contribution in [2.45, 2.75) is 52.6 Å². The molecule has 3 N–H and O–H groups in total. The molecule has 0 unspecified atom stereocenters. The lowest BCUT2D eigenvalue weighted by atomic mass is 10.1. The van der Waals surface area contributed by atoms with Crippen LogP contribution in [0.5, 0.6) is 0 Å². The lowest BCUT2D eigenvalue weighted by molar-refractivity contribution is 0.0937. The average Bonchev–Trinajstić information content (AvgIpc) is 3.61. The third-order valence-electron chi connectivity index (χ3n) is 6.39. The van der Waals surface area contributed by atoms with E-state index in [-0.39, 0.29) is 17.9 Å². The van der Waals surface area contributed by atoms with Gasteiger partial charge in [-0.05, 0) is 56.9 Å². The Kier molecular flexibility index (Phi) is 7.13. The third-order valence-corrected chi connectivity index (χ3v) is 6.39. The van der Waals surface area contributed by atoms with Crippen molar-refractivity contribution in [3.05, 3.63) is 72.1 Å². The molecule has 0 atom stereocenters. The summed E-state index contributed by atoms with van der Waals surface area (Å²) in [6.07, 6.45) is 5.92. The van der Waals surface area contributed by atoms with Crippen molar-refractivity contribution in [3.8, 4) is 22.5 Å². The highest BCUT2D eigenvalue weighted by Gasteiger charge is 2.24. The van der Waals surface area contributed by atoms with Crippen LogP contribution in [0.15, 0.2) is 60.9 Å². The molecule has 38 heavy (non-hydrogen) atoms. The van der Waals surface area contributed by atoms with Crippen molar-refractivity contribution in [1.82, 2.24) is 25.0 Å². The number of nitrogens with zero attached hydrogens (tertiary/aromatic N) is 3. The van der Waals surface area contributed by atoms with Crippen LogP contribution in [0, 0.1) is 5.92 Å². The van der Waals surface area contributed by atoms with Crippen molar-refractivity contribution in [2.75, 3.05) is 11.9 Å². The van der Waals surface area contributed by atoms with Gasteiger partial charge in [0.25, 0.3) is 11.8 Å². The zero-order valence-electron chi connectivity index (χ0n) is 22.3. The van der Waals surface area contributed by atoms with Gasteiger partial charge in [-0.3, -0.25) is 14.0 Å². The molecule has 2 amide bonds. The molecule has 1 fully saturated rings. The summed E-state index contributed by atoms with van der Waals surface area (Å²) in [7, 11) is 0. The van der Waals surface area contributed by atoms with Crippen LogP contribution < -0.4 is 16.0 Å². The monoisotopic (exact) mass is 510 g/mol. The van der Waals surface area contributed by atoms with E-state index in [0.29, 0.717) is 28.9 Å². The van der Waals surface area contributed by atoms with Crippen LogP contribution >= 0.6 is 0 Å².